The van der Waals surface area contributed by atoms with Gasteiger partial charge in [-0.25, -0.2) is 9.50 Å². The average molecular weight is 294 g/mol. The first-order chi connectivity index (χ1) is 10.8. The van der Waals surface area contributed by atoms with Gasteiger partial charge < -0.3 is 9.72 Å². The van der Waals surface area contributed by atoms with Gasteiger partial charge in [0, 0.05) is 36.1 Å². The molecule has 110 valence electrons. The van der Waals surface area contributed by atoms with Crippen molar-refractivity contribution in [2.45, 2.75) is 0 Å². The Balaban J connectivity index is 1.95. The lowest BCUT2D eigenvalue weighted by molar-refractivity contribution is 0.418. The van der Waals surface area contributed by atoms with Crippen LogP contribution in [0.1, 0.15) is 0 Å². The van der Waals surface area contributed by atoms with Gasteiger partial charge in [0.15, 0.2) is 0 Å². The van der Waals surface area contributed by atoms with Gasteiger partial charge in [0.05, 0.1) is 37.7 Å². The van der Waals surface area contributed by atoms with Crippen molar-refractivity contribution in [3.05, 3.63) is 43.4 Å². The number of imidazole rings is 1. The molecule has 1 N–H and O–H groups in total. The zero-order valence-corrected chi connectivity index (χ0v) is 12.2. The van der Waals surface area contributed by atoms with E-state index in [0.717, 1.165) is 33.7 Å². The lowest BCUT2D eigenvalue weighted by Gasteiger charge is -2.07. The topological polar surface area (TPSA) is 73.0 Å². The molecule has 4 heterocycles. The molecule has 0 unspecified atom stereocenters. The van der Waals surface area contributed by atoms with E-state index in [2.05, 4.69) is 20.2 Å². The Bertz CT molecular complexity index is 934. The van der Waals surface area contributed by atoms with Gasteiger partial charge in [0.25, 0.3) is 0 Å². The van der Waals surface area contributed by atoms with Gasteiger partial charge in [-0.05, 0) is 6.07 Å². The first-order valence-corrected chi connectivity index (χ1v) is 6.79. The number of methoxy groups -OCH3 is 1. The monoisotopic (exact) mass is 294 g/mol. The normalized spacial score (nSPS) is 11.2. The second-order valence-electron chi connectivity index (χ2n) is 5.02. The van der Waals surface area contributed by atoms with E-state index in [4.69, 9.17) is 4.74 Å². The van der Waals surface area contributed by atoms with Crippen LogP contribution in [0.3, 0.4) is 0 Å². The number of aromatic amines is 1. The summed E-state index contributed by atoms with van der Waals surface area (Å²) in [6, 6.07) is 1.99. The Hall–Kier alpha value is -3.09. The van der Waals surface area contributed by atoms with Crippen LogP contribution in [0.5, 0.6) is 5.75 Å². The van der Waals surface area contributed by atoms with Crippen molar-refractivity contribution in [2.75, 3.05) is 7.11 Å². The molecule has 0 aromatic carbocycles. The second kappa shape index (κ2) is 4.73. The van der Waals surface area contributed by atoms with Crippen molar-refractivity contribution in [1.82, 2.24) is 29.4 Å². The summed E-state index contributed by atoms with van der Waals surface area (Å²) in [7, 11) is 3.55. The van der Waals surface area contributed by atoms with Crippen molar-refractivity contribution in [3.63, 3.8) is 0 Å². The van der Waals surface area contributed by atoms with E-state index in [1.54, 1.807) is 30.5 Å². The van der Waals surface area contributed by atoms with E-state index in [0.29, 0.717) is 0 Å². The van der Waals surface area contributed by atoms with Crippen LogP contribution in [0, 0.1) is 0 Å². The molecule has 0 aliphatic heterocycles. The van der Waals surface area contributed by atoms with Gasteiger partial charge in [-0.15, -0.1) is 0 Å². The third kappa shape index (κ3) is 1.86. The van der Waals surface area contributed by atoms with Gasteiger partial charge in [-0.3, -0.25) is 4.68 Å². The zero-order valence-electron chi connectivity index (χ0n) is 12.2. The number of aromatic nitrogens is 6. The van der Waals surface area contributed by atoms with Crippen molar-refractivity contribution < 1.29 is 4.74 Å². The summed E-state index contributed by atoms with van der Waals surface area (Å²) in [4.78, 5) is 7.16. The molecule has 0 fully saturated rings. The summed E-state index contributed by atoms with van der Waals surface area (Å²) in [5.74, 6) is 0.753. The van der Waals surface area contributed by atoms with Crippen molar-refractivity contribution in [1.29, 1.82) is 0 Å². The molecule has 4 rings (SSSR count). The van der Waals surface area contributed by atoms with Crippen LogP contribution < -0.4 is 4.74 Å². The molecule has 7 heteroatoms. The predicted octanol–water partition coefficient (Wildman–Crippen LogP) is 2.13. The van der Waals surface area contributed by atoms with Crippen LogP contribution in [0.4, 0.5) is 0 Å². The quantitative estimate of drug-likeness (QED) is 0.628. The molecule has 0 radical (unpaired) electrons. The highest BCUT2D eigenvalue weighted by molar-refractivity contribution is 5.84. The molecule has 0 amide bonds. The summed E-state index contributed by atoms with van der Waals surface area (Å²) in [6.07, 6.45) is 11.0. The molecule has 0 saturated carbocycles. The third-order valence-corrected chi connectivity index (χ3v) is 3.62. The predicted molar refractivity (Wildman–Crippen MR) is 81.5 cm³/mol. The number of aryl methyl sites for hydroxylation is 1. The van der Waals surface area contributed by atoms with E-state index in [-0.39, 0.29) is 0 Å². The van der Waals surface area contributed by atoms with Crippen LogP contribution in [0.2, 0.25) is 0 Å². The largest absolute Gasteiger partial charge is 0.494 e. The summed E-state index contributed by atoms with van der Waals surface area (Å²) in [5.41, 5.74) is 4.77. The molecule has 0 saturated heterocycles. The number of rotatable bonds is 3. The number of hydrogen-bond donors (Lipinski definition) is 1. The number of H-pyrrole nitrogens is 1. The number of pyridine rings is 1. The Morgan fingerprint density at radius 2 is 2.00 bits per heavy atom. The van der Waals surface area contributed by atoms with E-state index >= 15 is 0 Å². The molecular formula is C15H14N6O. The molecule has 4 aromatic heterocycles. The fraction of sp³-hybridized carbons (Fsp3) is 0.133. The molecule has 7 nitrogen and oxygen atoms in total. The van der Waals surface area contributed by atoms with Crippen LogP contribution in [-0.4, -0.2) is 36.5 Å². The third-order valence-electron chi connectivity index (χ3n) is 3.62. The lowest BCUT2D eigenvalue weighted by atomic mass is 10.1. The number of nitrogens with one attached hydrogen (secondary N) is 1. The lowest BCUT2D eigenvalue weighted by Crippen LogP contribution is -1.94. The smallest absolute Gasteiger partial charge is 0.145 e. The minimum atomic E-state index is 0.753. The Labute approximate surface area is 126 Å². The highest BCUT2D eigenvalue weighted by Crippen LogP contribution is 2.33. The number of nitrogens with zero attached hydrogens (tertiary/aromatic N) is 5. The second-order valence-corrected chi connectivity index (χ2v) is 5.02. The van der Waals surface area contributed by atoms with Crippen LogP contribution in [0.15, 0.2) is 43.4 Å². The molecular weight excluding hydrogens is 280 g/mol. The first kappa shape index (κ1) is 12.6. The van der Waals surface area contributed by atoms with E-state index < -0.39 is 0 Å². The minimum Gasteiger partial charge on any atom is -0.494 e. The summed E-state index contributed by atoms with van der Waals surface area (Å²) in [5, 5.41) is 8.65. The van der Waals surface area contributed by atoms with Crippen LogP contribution in [0.25, 0.3) is 27.9 Å². The van der Waals surface area contributed by atoms with E-state index in [9.17, 15) is 0 Å². The highest BCUT2D eigenvalue weighted by Gasteiger charge is 2.15. The zero-order chi connectivity index (χ0) is 15.1. The standard InChI is InChI=1S/C15H14N6O/c1-20-7-11(4-18-20)10-3-14(22-2)15-12(5-19-21(15)8-10)13-6-16-9-17-13/h3-9H,1-2H3,(H,16,17). The van der Waals surface area contributed by atoms with E-state index in [1.807, 2.05) is 36.2 Å². The molecule has 0 aliphatic rings. The highest BCUT2D eigenvalue weighted by atomic mass is 16.5. The summed E-state index contributed by atoms with van der Waals surface area (Å²) >= 11 is 0. The Kier molecular flexibility index (Phi) is 2.72. The number of fused-ring (bicyclic) bond motifs is 1. The van der Waals surface area contributed by atoms with Gasteiger partial charge in [-0.1, -0.05) is 0 Å². The van der Waals surface area contributed by atoms with Gasteiger partial charge in [0.2, 0.25) is 0 Å². The summed E-state index contributed by atoms with van der Waals surface area (Å²) in [6.45, 7) is 0. The fourth-order valence-electron chi connectivity index (χ4n) is 2.57. The first-order valence-electron chi connectivity index (χ1n) is 6.79. The van der Waals surface area contributed by atoms with Crippen molar-refractivity contribution >= 4 is 5.52 Å². The van der Waals surface area contributed by atoms with Gasteiger partial charge in [-0.2, -0.15) is 10.2 Å². The Morgan fingerprint density at radius 1 is 1.09 bits per heavy atom. The average Bonchev–Trinajstić information content (AvgIpc) is 3.25. The SMILES string of the molecule is COc1cc(-c2cnn(C)c2)cn2ncc(-c3cnc[nH]3)c12. The van der Waals surface area contributed by atoms with Gasteiger partial charge >= 0.3 is 0 Å². The van der Waals surface area contributed by atoms with Crippen molar-refractivity contribution in [3.8, 4) is 28.1 Å². The Morgan fingerprint density at radius 3 is 2.68 bits per heavy atom. The maximum absolute atomic E-state index is 5.57. The van der Waals surface area contributed by atoms with Crippen molar-refractivity contribution in [2.24, 2.45) is 7.05 Å². The molecule has 4 aromatic rings. The van der Waals surface area contributed by atoms with Crippen LogP contribution >= 0.6 is 0 Å². The van der Waals surface area contributed by atoms with E-state index in [1.165, 1.54) is 0 Å². The maximum atomic E-state index is 5.57. The molecule has 0 atom stereocenters. The molecule has 0 aliphatic carbocycles. The maximum Gasteiger partial charge on any atom is 0.145 e. The number of hydrogen-bond acceptors (Lipinski definition) is 4. The molecule has 22 heavy (non-hydrogen) atoms. The minimum absolute atomic E-state index is 0.753. The van der Waals surface area contributed by atoms with Gasteiger partial charge in [0.1, 0.15) is 11.3 Å². The summed E-state index contributed by atoms with van der Waals surface area (Å²) < 4.78 is 9.16. The molecule has 0 spiro atoms. The number of ether oxygens (including phenoxy) is 1. The molecule has 0 bridgehead atoms. The fourth-order valence-corrected chi connectivity index (χ4v) is 2.57. The van der Waals surface area contributed by atoms with Crippen LogP contribution in [-0.2, 0) is 7.05 Å².